The van der Waals surface area contributed by atoms with Gasteiger partial charge in [-0.05, 0) is 38.1 Å². The summed E-state index contributed by atoms with van der Waals surface area (Å²) in [4.78, 5) is 25.9. The van der Waals surface area contributed by atoms with Crippen molar-refractivity contribution in [1.29, 1.82) is 0 Å². The molecule has 9 heteroatoms. The van der Waals surface area contributed by atoms with Gasteiger partial charge < -0.3 is 5.32 Å². The van der Waals surface area contributed by atoms with Crippen LogP contribution in [0.2, 0.25) is 0 Å². The Kier molecular flexibility index (Phi) is 7.70. The number of hydrogen-bond donors (Lipinski definition) is 1. The van der Waals surface area contributed by atoms with Crippen LogP contribution in [0.15, 0.2) is 24.3 Å². The largest absolute Gasteiger partial charge is 0.325 e. The van der Waals surface area contributed by atoms with Gasteiger partial charge in [-0.3, -0.25) is 14.5 Å². The van der Waals surface area contributed by atoms with Gasteiger partial charge in [0.15, 0.2) is 5.78 Å². The number of ketones is 1. The van der Waals surface area contributed by atoms with Gasteiger partial charge in [0, 0.05) is 50.5 Å². The minimum Gasteiger partial charge on any atom is -0.325 e. The van der Waals surface area contributed by atoms with Crippen LogP contribution in [0.4, 0.5) is 5.69 Å². The summed E-state index contributed by atoms with van der Waals surface area (Å²) in [7, 11) is -3.44. The van der Waals surface area contributed by atoms with Gasteiger partial charge in [0.05, 0.1) is 6.04 Å². The Labute approximate surface area is 167 Å². The second-order valence-corrected chi connectivity index (χ2v) is 8.75. The number of carbonyl (C=O) groups is 2. The minimum atomic E-state index is -3.44. The number of anilines is 1. The highest BCUT2D eigenvalue weighted by Gasteiger charge is 2.33. The van der Waals surface area contributed by atoms with Crippen LogP contribution in [-0.4, -0.2) is 78.9 Å². The molecule has 1 fully saturated rings. The fourth-order valence-electron chi connectivity index (χ4n) is 3.24. The first-order valence-electron chi connectivity index (χ1n) is 9.61. The molecule has 1 aromatic rings. The number of benzene rings is 1. The van der Waals surface area contributed by atoms with Gasteiger partial charge in [-0.2, -0.15) is 17.0 Å². The van der Waals surface area contributed by atoms with Crippen molar-refractivity contribution in [2.24, 2.45) is 0 Å². The van der Waals surface area contributed by atoms with Crippen LogP contribution in [0, 0.1) is 0 Å². The molecule has 2 rings (SSSR count). The molecule has 0 radical (unpaired) electrons. The average molecular weight is 411 g/mol. The van der Waals surface area contributed by atoms with E-state index < -0.39 is 10.2 Å². The van der Waals surface area contributed by atoms with Crippen LogP contribution in [0.1, 0.15) is 38.1 Å². The molecule has 1 heterocycles. The smallest absolute Gasteiger partial charge is 0.282 e. The molecule has 28 heavy (non-hydrogen) atoms. The zero-order chi connectivity index (χ0) is 20.9. The van der Waals surface area contributed by atoms with Crippen molar-refractivity contribution in [2.45, 2.75) is 33.7 Å². The first-order valence-corrected chi connectivity index (χ1v) is 11.0. The molecule has 8 nitrogen and oxygen atoms in total. The zero-order valence-electron chi connectivity index (χ0n) is 17.0. The lowest BCUT2D eigenvalue weighted by Gasteiger charge is -2.38. The Bertz CT molecular complexity index is 783. The molecule has 1 N–H and O–H groups in total. The molecule has 1 atom stereocenters. The molecule has 156 valence electrons. The molecule has 1 amide bonds. The number of Topliss-reactive ketones (excluding diaryl/α,β-unsaturated/α-hetero) is 1. The van der Waals surface area contributed by atoms with E-state index in [-0.39, 0.29) is 17.7 Å². The summed E-state index contributed by atoms with van der Waals surface area (Å²) < 4.78 is 28.1. The second-order valence-electron chi connectivity index (χ2n) is 6.83. The molecule has 0 saturated carbocycles. The highest BCUT2D eigenvalue weighted by atomic mass is 32.2. The maximum Gasteiger partial charge on any atom is 0.282 e. The molecule has 1 saturated heterocycles. The van der Waals surface area contributed by atoms with Crippen LogP contribution in [0.25, 0.3) is 0 Å². The third-order valence-electron chi connectivity index (χ3n) is 5.12. The summed E-state index contributed by atoms with van der Waals surface area (Å²) in [5.41, 5.74) is 1.22. The monoisotopic (exact) mass is 410 g/mol. The van der Waals surface area contributed by atoms with Crippen LogP contribution in [0.5, 0.6) is 0 Å². The molecule has 0 aromatic heterocycles. The Hall–Kier alpha value is -1.81. The maximum atomic E-state index is 12.6. The number of hydrogen-bond acceptors (Lipinski definition) is 5. The zero-order valence-corrected chi connectivity index (χ0v) is 17.8. The first-order chi connectivity index (χ1) is 13.2. The van der Waals surface area contributed by atoms with E-state index in [1.165, 1.54) is 15.5 Å². The van der Waals surface area contributed by atoms with E-state index in [0.29, 0.717) is 50.5 Å². The van der Waals surface area contributed by atoms with Crippen molar-refractivity contribution < 1.29 is 18.0 Å². The topological polar surface area (TPSA) is 90.0 Å². The molecule has 1 aromatic carbocycles. The second kappa shape index (κ2) is 9.60. The quantitative estimate of drug-likeness (QED) is 0.655. The van der Waals surface area contributed by atoms with Crippen LogP contribution in [0.3, 0.4) is 0 Å². The summed E-state index contributed by atoms with van der Waals surface area (Å²) in [5, 5.41) is 2.85. The lowest BCUT2D eigenvalue weighted by Crippen LogP contribution is -2.56. The SMILES string of the molecule is CCN(CC)S(=O)(=O)N1CCN(C(C)C(=O)Nc2ccc(C(C)=O)cc2)CC1. The predicted octanol–water partition coefficient (Wildman–Crippen LogP) is 1.42. The van der Waals surface area contributed by atoms with Crippen molar-refractivity contribution >= 4 is 27.6 Å². The number of amides is 1. The van der Waals surface area contributed by atoms with E-state index >= 15 is 0 Å². The van der Waals surface area contributed by atoms with E-state index in [1.807, 2.05) is 25.7 Å². The van der Waals surface area contributed by atoms with Crippen LogP contribution < -0.4 is 5.32 Å². The highest BCUT2D eigenvalue weighted by Crippen LogP contribution is 2.15. The number of piperazine rings is 1. The molecule has 0 bridgehead atoms. The summed E-state index contributed by atoms with van der Waals surface area (Å²) in [6.07, 6.45) is 0. The summed E-state index contributed by atoms with van der Waals surface area (Å²) >= 11 is 0. The van der Waals surface area contributed by atoms with Crippen molar-refractivity contribution in [2.75, 3.05) is 44.6 Å². The molecular formula is C19H30N4O4S. The van der Waals surface area contributed by atoms with Gasteiger partial charge in [0.2, 0.25) is 5.91 Å². The van der Waals surface area contributed by atoms with Gasteiger partial charge in [-0.15, -0.1) is 0 Å². The molecular weight excluding hydrogens is 380 g/mol. The van der Waals surface area contributed by atoms with E-state index in [9.17, 15) is 18.0 Å². The molecule has 1 unspecified atom stereocenters. The lowest BCUT2D eigenvalue weighted by molar-refractivity contribution is -0.121. The maximum absolute atomic E-state index is 12.6. The summed E-state index contributed by atoms with van der Waals surface area (Å²) in [6, 6.07) is 6.39. The fourth-order valence-corrected chi connectivity index (χ4v) is 4.84. The molecule has 0 aliphatic carbocycles. The van der Waals surface area contributed by atoms with Crippen molar-refractivity contribution in [1.82, 2.24) is 13.5 Å². The molecule has 0 spiro atoms. The van der Waals surface area contributed by atoms with Gasteiger partial charge in [-0.1, -0.05) is 13.8 Å². The number of rotatable bonds is 8. The van der Waals surface area contributed by atoms with Gasteiger partial charge >= 0.3 is 0 Å². The van der Waals surface area contributed by atoms with Crippen LogP contribution >= 0.6 is 0 Å². The Morgan fingerprint density at radius 1 is 1.07 bits per heavy atom. The van der Waals surface area contributed by atoms with Crippen LogP contribution in [-0.2, 0) is 15.0 Å². The normalized spacial score (nSPS) is 17.5. The predicted molar refractivity (Wildman–Crippen MR) is 110 cm³/mol. The van der Waals surface area contributed by atoms with E-state index in [4.69, 9.17) is 0 Å². The lowest BCUT2D eigenvalue weighted by atomic mass is 10.1. The van der Waals surface area contributed by atoms with E-state index in [1.54, 1.807) is 24.3 Å². The number of nitrogens with one attached hydrogen (secondary N) is 1. The average Bonchev–Trinajstić information content (AvgIpc) is 2.68. The number of carbonyl (C=O) groups excluding carboxylic acids is 2. The Morgan fingerprint density at radius 2 is 1.61 bits per heavy atom. The van der Waals surface area contributed by atoms with Crippen molar-refractivity contribution in [3.05, 3.63) is 29.8 Å². The van der Waals surface area contributed by atoms with E-state index in [0.717, 1.165) is 0 Å². The minimum absolute atomic E-state index is 0.0243. The number of nitrogens with zero attached hydrogens (tertiary/aromatic N) is 3. The highest BCUT2D eigenvalue weighted by molar-refractivity contribution is 7.86. The standard InChI is InChI=1S/C19H30N4O4S/c1-5-22(6-2)28(26,27)23-13-11-21(12-14-23)15(3)19(25)20-18-9-7-17(8-10-18)16(4)24/h7-10,15H,5-6,11-14H2,1-4H3,(H,20,25). The summed E-state index contributed by atoms with van der Waals surface area (Å²) in [6.45, 7) is 9.58. The fraction of sp³-hybridized carbons (Fsp3) is 0.579. The molecule has 1 aliphatic rings. The summed E-state index contributed by atoms with van der Waals surface area (Å²) in [5.74, 6) is -0.181. The molecule has 1 aliphatic heterocycles. The van der Waals surface area contributed by atoms with Gasteiger partial charge in [0.25, 0.3) is 10.2 Å². The Balaban J connectivity index is 1.93. The van der Waals surface area contributed by atoms with Gasteiger partial charge in [-0.25, -0.2) is 0 Å². The first kappa shape index (κ1) is 22.5. The Morgan fingerprint density at radius 3 is 2.07 bits per heavy atom. The third kappa shape index (κ3) is 5.16. The van der Waals surface area contributed by atoms with Crippen molar-refractivity contribution in [3.63, 3.8) is 0 Å². The van der Waals surface area contributed by atoms with Crippen molar-refractivity contribution in [3.8, 4) is 0 Å². The van der Waals surface area contributed by atoms with Gasteiger partial charge in [0.1, 0.15) is 0 Å². The third-order valence-corrected chi connectivity index (χ3v) is 7.30. The van der Waals surface area contributed by atoms with E-state index in [2.05, 4.69) is 5.32 Å².